The molecule has 5 nitrogen and oxygen atoms in total. The number of sulfonamides is 1. The Bertz CT molecular complexity index is 497. The number of aromatic carboxylic acids is 1. The minimum Gasteiger partial charge on any atom is -0.478 e. The summed E-state index contributed by atoms with van der Waals surface area (Å²) in [6.07, 6.45) is 0.971. The highest BCUT2D eigenvalue weighted by molar-refractivity contribution is 14.1. The summed E-state index contributed by atoms with van der Waals surface area (Å²) in [6.45, 7) is 0. The lowest BCUT2D eigenvalue weighted by atomic mass is 10.2. The van der Waals surface area contributed by atoms with Crippen LogP contribution in [-0.2, 0) is 10.0 Å². The number of nitrogens with one attached hydrogen (secondary N) is 1. The summed E-state index contributed by atoms with van der Waals surface area (Å²) < 4.78 is 24.9. The molecular weight excluding hydrogens is 333 g/mol. The quantitative estimate of drug-likeness (QED) is 0.814. The first-order chi connectivity index (χ1) is 6.79. The largest absolute Gasteiger partial charge is 0.478 e. The molecule has 0 aliphatic heterocycles. The number of anilines is 1. The van der Waals surface area contributed by atoms with Crippen molar-refractivity contribution in [2.45, 2.75) is 0 Å². The highest BCUT2D eigenvalue weighted by Gasteiger charge is 2.13. The number of carbonyl (C=O) groups is 1. The Hall–Kier alpha value is -0.830. The Morgan fingerprint density at radius 3 is 2.53 bits per heavy atom. The van der Waals surface area contributed by atoms with Crippen molar-refractivity contribution in [3.63, 3.8) is 0 Å². The summed E-state index contributed by atoms with van der Waals surface area (Å²) in [5.74, 6) is -1.17. The fraction of sp³-hybridized carbons (Fsp3) is 0.125. The topological polar surface area (TPSA) is 83.5 Å². The van der Waals surface area contributed by atoms with Crippen LogP contribution in [-0.4, -0.2) is 25.7 Å². The third-order valence-corrected chi connectivity index (χ3v) is 2.77. The molecule has 0 bridgehead atoms. The van der Waals surface area contributed by atoms with E-state index >= 15 is 0 Å². The smallest absolute Gasteiger partial charge is 0.337 e. The molecule has 1 rings (SSSR count). The van der Waals surface area contributed by atoms with Crippen LogP contribution in [0.1, 0.15) is 10.4 Å². The molecule has 82 valence electrons. The van der Waals surface area contributed by atoms with Crippen molar-refractivity contribution in [1.82, 2.24) is 0 Å². The summed E-state index contributed by atoms with van der Waals surface area (Å²) in [4.78, 5) is 10.8. The SMILES string of the molecule is CS(=O)(=O)Nc1cc(I)ccc1C(=O)O. The summed E-state index contributed by atoms with van der Waals surface area (Å²) in [5, 5.41) is 8.82. The van der Waals surface area contributed by atoms with Gasteiger partial charge in [-0.1, -0.05) is 0 Å². The monoisotopic (exact) mass is 341 g/mol. The van der Waals surface area contributed by atoms with Gasteiger partial charge in [0.25, 0.3) is 0 Å². The van der Waals surface area contributed by atoms with E-state index in [1.165, 1.54) is 12.1 Å². The van der Waals surface area contributed by atoms with Crippen molar-refractivity contribution in [3.05, 3.63) is 27.3 Å². The number of halogens is 1. The Morgan fingerprint density at radius 2 is 2.07 bits per heavy atom. The predicted molar refractivity (Wildman–Crippen MR) is 64.6 cm³/mol. The zero-order valence-electron chi connectivity index (χ0n) is 7.69. The van der Waals surface area contributed by atoms with E-state index in [9.17, 15) is 13.2 Å². The molecule has 0 heterocycles. The van der Waals surface area contributed by atoms with Gasteiger partial charge in [-0.25, -0.2) is 13.2 Å². The van der Waals surface area contributed by atoms with Crippen LogP contribution in [0.4, 0.5) is 5.69 Å². The van der Waals surface area contributed by atoms with E-state index in [1.54, 1.807) is 6.07 Å². The Kier molecular flexibility index (Phi) is 3.55. The van der Waals surface area contributed by atoms with Crippen LogP contribution in [0, 0.1) is 3.57 Å². The van der Waals surface area contributed by atoms with Crippen LogP contribution in [0.2, 0.25) is 0 Å². The third-order valence-electron chi connectivity index (χ3n) is 1.51. The molecule has 0 saturated carbocycles. The van der Waals surface area contributed by atoms with Gasteiger partial charge in [0, 0.05) is 3.57 Å². The molecule has 15 heavy (non-hydrogen) atoms. The van der Waals surface area contributed by atoms with Gasteiger partial charge >= 0.3 is 5.97 Å². The zero-order valence-corrected chi connectivity index (χ0v) is 10.7. The first kappa shape index (κ1) is 12.2. The molecule has 0 amide bonds. The second-order valence-electron chi connectivity index (χ2n) is 2.87. The van der Waals surface area contributed by atoms with Gasteiger partial charge < -0.3 is 5.11 Å². The van der Waals surface area contributed by atoms with Crippen molar-refractivity contribution >= 4 is 44.3 Å². The van der Waals surface area contributed by atoms with Crippen LogP contribution in [0.5, 0.6) is 0 Å². The fourth-order valence-electron chi connectivity index (χ4n) is 0.987. The fourth-order valence-corrected chi connectivity index (χ4v) is 2.05. The molecule has 0 fully saturated rings. The number of benzene rings is 1. The highest BCUT2D eigenvalue weighted by atomic mass is 127. The number of carboxylic acid groups (broad SMARTS) is 1. The number of hydrogen-bond acceptors (Lipinski definition) is 3. The summed E-state index contributed by atoms with van der Waals surface area (Å²) >= 11 is 1.97. The molecular formula is C8H8INO4S. The molecule has 0 spiro atoms. The van der Waals surface area contributed by atoms with E-state index in [2.05, 4.69) is 4.72 Å². The molecule has 0 atom stereocenters. The molecule has 7 heteroatoms. The third kappa shape index (κ3) is 3.67. The molecule has 0 radical (unpaired) electrons. The van der Waals surface area contributed by atoms with Gasteiger partial charge in [-0.3, -0.25) is 4.72 Å². The molecule has 0 saturated heterocycles. The average Bonchev–Trinajstić information content (AvgIpc) is 1.99. The Balaban J connectivity index is 3.25. The second-order valence-corrected chi connectivity index (χ2v) is 5.86. The summed E-state index contributed by atoms with van der Waals surface area (Å²) in [7, 11) is -3.47. The van der Waals surface area contributed by atoms with Gasteiger partial charge in [-0.15, -0.1) is 0 Å². The molecule has 1 aromatic carbocycles. The van der Waals surface area contributed by atoms with Gasteiger partial charge in [-0.2, -0.15) is 0 Å². The first-order valence-electron chi connectivity index (χ1n) is 3.80. The van der Waals surface area contributed by atoms with Crippen LogP contribution in [0.25, 0.3) is 0 Å². The van der Waals surface area contributed by atoms with Gasteiger partial charge in [0.1, 0.15) is 0 Å². The van der Waals surface area contributed by atoms with Crippen molar-refractivity contribution in [2.24, 2.45) is 0 Å². The number of carboxylic acids is 1. The lowest BCUT2D eigenvalue weighted by Crippen LogP contribution is -2.13. The van der Waals surface area contributed by atoms with E-state index in [0.717, 1.165) is 9.83 Å². The van der Waals surface area contributed by atoms with Crippen LogP contribution in [0.15, 0.2) is 18.2 Å². The average molecular weight is 341 g/mol. The number of hydrogen-bond donors (Lipinski definition) is 2. The van der Waals surface area contributed by atoms with Crippen molar-refractivity contribution in [1.29, 1.82) is 0 Å². The molecule has 0 aliphatic rings. The van der Waals surface area contributed by atoms with Crippen molar-refractivity contribution < 1.29 is 18.3 Å². The predicted octanol–water partition coefficient (Wildman–Crippen LogP) is 1.36. The maximum atomic E-state index is 11.0. The van der Waals surface area contributed by atoms with E-state index in [-0.39, 0.29) is 11.3 Å². The molecule has 0 unspecified atom stereocenters. The van der Waals surface area contributed by atoms with E-state index in [1.807, 2.05) is 22.6 Å². The van der Waals surface area contributed by atoms with Gasteiger partial charge in [0.15, 0.2) is 0 Å². The van der Waals surface area contributed by atoms with E-state index < -0.39 is 16.0 Å². The Labute approximate surface area is 101 Å². The standard InChI is InChI=1S/C8H8INO4S/c1-15(13,14)10-7-4-5(9)2-3-6(7)8(11)12/h2-4,10H,1H3,(H,11,12). The van der Waals surface area contributed by atoms with Gasteiger partial charge in [-0.05, 0) is 40.8 Å². The maximum Gasteiger partial charge on any atom is 0.337 e. The van der Waals surface area contributed by atoms with E-state index in [0.29, 0.717) is 0 Å². The number of rotatable bonds is 3. The highest BCUT2D eigenvalue weighted by Crippen LogP contribution is 2.20. The first-order valence-corrected chi connectivity index (χ1v) is 6.77. The van der Waals surface area contributed by atoms with Crippen molar-refractivity contribution in [2.75, 3.05) is 11.0 Å². The van der Waals surface area contributed by atoms with E-state index in [4.69, 9.17) is 5.11 Å². The van der Waals surface area contributed by atoms with Gasteiger partial charge in [0.05, 0.1) is 17.5 Å². The van der Waals surface area contributed by atoms with Crippen LogP contribution >= 0.6 is 22.6 Å². The van der Waals surface area contributed by atoms with Crippen LogP contribution in [0.3, 0.4) is 0 Å². The zero-order chi connectivity index (χ0) is 11.6. The normalized spacial score (nSPS) is 11.1. The lowest BCUT2D eigenvalue weighted by molar-refractivity contribution is 0.0698. The maximum absolute atomic E-state index is 11.0. The molecule has 0 aliphatic carbocycles. The van der Waals surface area contributed by atoms with Gasteiger partial charge in [0.2, 0.25) is 10.0 Å². The Morgan fingerprint density at radius 1 is 1.47 bits per heavy atom. The minimum atomic E-state index is -3.47. The van der Waals surface area contributed by atoms with Crippen molar-refractivity contribution in [3.8, 4) is 0 Å². The minimum absolute atomic E-state index is 0.0687. The van der Waals surface area contributed by atoms with Crippen LogP contribution < -0.4 is 4.72 Å². The summed E-state index contributed by atoms with van der Waals surface area (Å²) in [6, 6.07) is 4.42. The molecule has 2 N–H and O–H groups in total. The molecule has 0 aromatic heterocycles. The molecule has 1 aromatic rings. The second kappa shape index (κ2) is 4.35. The summed E-state index contributed by atoms with van der Waals surface area (Å²) in [5.41, 5.74) is 0.0118. The lowest BCUT2D eigenvalue weighted by Gasteiger charge is -2.07.